The minimum atomic E-state index is 0.557. The molecular formula is C14H19N. The summed E-state index contributed by atoms with van der Waals surface area (Å²) in [5.74, 6) is 0.659. The molecule has 2 rings (SSSR count). The number of rotatable bonds is 2. The number of likely N-dealkylation sites (N-methyl/N-ethyl adjacent to an activating group) is 1. The van der Waals surface area contributed by atoms with Crippen LogP contribution in [-0.2, 0) is 0 Å². The van der Waals surface area contributed by atoms with Crippen LogP contribution in [0.5, 0.6) is 0 Å². The van der Waals surface area contributed by atoms with Gasteiger partial charge in [-0.15, -0.1) is 0 Å². The molecule has 0 N–H and O–H groups in total. The monoisotopic (exact) mass is 201 g/mol. The van der Waals surface area contributed by atoms with Crippen LogP contribution in [0.15, 0.2) is 42.5 Å². The lowest BCUT2D eigenvalue weighted by Crippen LogP contribution is -2.33. The molecule has 1 nitrogen and oxygen atoms in total. The Balaban J connectivity index is 2.24. The smallest absolute Gasteiger partial charge is 0.0340 e. The molecule has 0 saturated carbocycles. The molecule has 0 spiro atoms. The zero-order valence-electron chi connectivity index (χ0n) is 9.56. The highest BCUT2D eigenvalue weighted by Gasteiger charge is 2.24. The van der Waals surface area contributed by atoms with E-state index in [2.05, 4.69) is 61.5 Å². The normalized spacial score (nSPS) is 25.8. The lowest BCUT2D eigenvalue weighted by atomic mass is 9.83. The van der Waals surface area contributed by atoms with Crippen LogP contribution in [0.2, 0.25) is 0 Å². The molecule has 1 heteroatoms. The van der Waals surface area contributed by atoms with Crippen LogP contribution in [0, 0.1) is 0 Å². The summed E-state index contributed by atoms with van der Waals surface area (Å²) in [6.45, 7) is 0. The molecule has 80 valence electrons. The van der Waals surface area contributed by atoms with Gasteiger partial charge in [-0.1, -0.05) is 42.5 Å². The summed E-state index contributed by atoms with van der Waals surface area (Å²) in [5, 5.41) is 0. The summed E-state index contributed by atoms with van der Waals surface area (Å²) in [4.78, 5) is 2.31. The van der Waals surface area contributed by atoms with Gasteiger partial charge in [-0.2, -0.15) is 0 Å². The average Bonchev–Trinajstić information content (AvgIpc) is 2.30. The molecule has 15 heavy (non-hydrogen) atoms. The summed E-state index contributed by atoms with van der Waals surface area (Å²) < 4.78 is 0. The summed E-state index contributed by atoms with van der Waals surface area (Å²) in [7, 11) is 4.33. The van der Waals surface area contributed by atoms with E-state index >= 15 is 0 Å². The van der Waals surface area contributed by atoms with Crippen molar-refractivity contribution in [1.29, 1.82) is 0 Å². The molecule has 1 aromatic rings. The Labute approximate surface area is 92.4 Å². The predicted octanol–water partition coefficient (Wildman–Crippen LogP) is 3.05. The van der Waals surface area contributed by atoms with Crippen LogP contribution in [0.1, 0.15) is 24.3 Å². The van der Waals surface area contributed by atoms with Crippen molar-refractivity contribution in [2.45, 2.75) is 24.8 Å². The molecule has 0 aliphatic heterocycles. The maximum Gasteiger partial charge on any atom is 0.0340 e. The first kappa shape index (κ1) is 10.4. The SMILES string of the molecule is CN(C)C1C=CCCC1c1ccccc1. The fourth-order valence-electron chi connectivity index (χ4n) is 2.41. The second-order valence-corrected chi connectivity index (χ2v) is 4.48. The van der Waals surface area contributed by atoms with Crippen molar-refractivity contribution < 1.29 is 0 Å². The Hall–Kier alpha value is -1.08. The molecular weight excluding hydrogens is 182 g/mol. The van der Waals surface area contributed by atoms with Crippen molar-refractivity contribution >= 4 is 0 Å². The van der Waals surface area contributed by atoms with Gasteiger partial charge in [0.05, 0.1) is 0 Å². The van der Waals surface area contributed by atoms with Crippen LogP contribution >= 0.6 is 0 Å². The van der Waals surface area contributed by atoms with Gasteiger partial charge in [-0.05, 0) is 32.5 Å². The third kappa shape index (κ3) is 2.29. The zero-order chi connectivity index (χ0) is 10.7. The number of hydrogen-bond donors (Lipinski definition) is 0. The van der Waals surface area contributed by atoms with Gasteiger partial charge in [0.25, 0.3) is 0 Å². The summed E-state index contributed by atoms with van der Waals surface area (Å²) in [6, 6.07) is 11.4. The lowest BCUT2D eigenvalue weighted by molar-refractivity contribution is 0.285. The summed E-state index contributed by atoms with van der Waals surface area (Å²) >= 11 is 0. The van der Waals surface area contributed by atoms with E-state index in [9.17, 15) is 0 Å². The summed E-state index contributed by atoms with van der Waals surface area (Å²) in [6.07, 6.45) is 7.14. The second-order valence-electron chi connectivity index (χ2n) is 4.48. The molecule has 0 saturated heterocycles. The molecule has 2 atom stereocenters. The Bertz CT molecular complexity index is 326. The third-order valence-electron chi connectivity index (χ3n) is 3.21. The molecule has 0 fully saturated rings. The summed E-state index contributed by atoms with van der Waals surface area (Å²) in [5.41, 5.74) is 1.47. The number of nitrogens with zero attached hydrogens (tertiary/aromatic N) is 1. The van der Waals surface area contributed by atoms with Gasteiger partial charge in [-0.3, -0.25) is 0 Å². The van der Waals surface area contributed by atoms with Gasteiger partial charge in [0.2, 0.25) is 0 Å². The van der Waals surface area contributed by atoms with Gasteiger partial charge in [0.15, 0.2) is 0 Å². The Morgan fingerprint density at radius 1 is 1.13 bits per heavy atom. The number of benzene rings is 1. The standard InChI is InChI=1S/C14H19N/c1-15(2)14-11-7-6-10-13(14)12-8-4-3-5-9-12/h3-5,7-9,11,13-14H,6,10H2,1-2H3. The highest BCUT2D eigenvalue weighted by Crippen LogP contribution is 2.31. The van der Waals surface area contributed by atoms with Crippen molar-refractivity contribution in [2.75, 3.05) is 14.1 Å². The van der Waals surface area contributed by atoms with Crippen molar-refractivity contribution in [1.82, 2.24) is 4.90 Å². The van der Waals surface area contributed by atoms with Gasteiger partial charge < -0.3 is 4.90 Å². The van der Waals surface area contributed by atoms with Crippen LogP contribution < -0.4 is 0 Å². The van der Waals surface area contributed by atoms with Crippen molar-refractivity contribution in [3.8, 4) is 0 Å². The highest BCUT2D eigenvalue weighted by atomic mass is 15.1. The first-order chi connectivity index (χ1) is 7.29. The number of hydrogen-bond acceptors (Lipinski definition) is 1. The quantitative estimate of drug-likeness (QED) is 0.665. The molecule has 1 aromatic carbocycles. The maximum absolute atomic E-state index is 2.35. The van der Waals surface area contributed by atoms with E-state index in [-0.39, 0.29) is 0 Å². The van der Waals surface area contributed by atoms with Crippen LogP contribution in [0.25, 0.3) is 0 Å². The minimum absolute atomic E-state index is 0.557. The lowest BCUT2D eigenvalue weighted by Gasteiger charge is -2.33. The molecule has 2 unspecified atom stereocenters. The van der Waals surface area contributed by atoms with E-state index in [0.717, 1.165) is 0 Å². The van der Waals surface area contributed by atoms with E-state index in [0.29, 0.717) is 12.0 Å². The van der Waals surface area contributed by atoms with E-state index in [1.807, 2.05) is 0 Å². The van der Waals surface area contributed by atoms with E-state index in [4.69, 9.17) is 0 Å². The third-order valence-corrected chi connectivity index (χ3v) is 3.21. The first-order valence-corrected chi connectivity index (χ1v) is 5.67. The topological polar surface area (TPSA) is 3.24 Å². The molecule has 0 aromatic heterocycles. The van der Waals surface area contributed by atoms with Gasteiger partial charge >= 0.3 is 0 Å². The Morgan fingerprint density at radius 3 is 2.53 bits per heavy atom. The second kappa shape index (κ2) is 4.63. The van der Waals surface area contributed by atoms with Crippen molar-refractivity contribution in [3.63, 3.8) is 0 Å². The van der Waals surface area contributed by atoms with Gasteiger partial charge in [0, 0.05) is 12.0 Å². The fourth-order valence-corrected chi connectivity index (χ4v) is 2.41. The van der Waals surface area contributed by atoms with E-state index < -0.39 is 0 Å². The van der Waals surface area contributed by atoms with E-state index in [1.165, 1.54) is 18.4 Å². The molecule has 0 radical (unpaired) electrons. The molecule has 1 aliphatic rings. The van der Waals surface area contributed by atoms with Crippen LogP contribution in [0.3, 0.4) is 0 Å². The molecule has 0 heterocycles. The van der Waals surface area contributed by atoms with Gasteiger partial charge in [-0.25, -0.2) is 0 Å². The van der Waals surface area contributed by atoms with Crippen molar-refractivity contribution in [3.05, 3.63) is 48.0 Å². The highest BCUT2D eigenvalue weighted by molar-refractivity contribution is 5.25. The molecule has 1 aliphatic carbocycles. The van der Waals surface area contributed by atoms with Gasteiger partial charge in [0.1, 0.15) is 0 Å². The Morgan fingerprint density at radius 2 is 1.87 bits per heavy atom. The Kier molecular flexibility index (Phi) is 3.22. The first-order valence-electron chi connectivity index (χ1n) is 5.67. The molecule has 0 bridgehead atoms. The maximum atomic E-state index is 2.35. The largest absolute Gasteiger partial charge is 0.302 e. The van der Waals surface area contributed by atoms with E-state index in [1.54, 1.807) is 0 Å². The average molecular weight is 201 g/mol. The fraction of sp³-hybridized carbons (Fsp3) is 0.429. The van der Waals surface area contributed by atoms with Crippen molar-refractivity contribution in [2.24, 2.45) is 0 Å². The zero-order valence-corrected chi connectivity index (χ0v) is 9.56. The molecule has 0 amide bonds. The predicted molar refractivity (Wildman–Crippen MR) is 65.0 cm³/mol. The minimum Gasteiger partial charge on any atom is -0.302 e. The van der Waals surface area contributed by atoms with Crippen LogP contribution in [0.4, 0.5) is 0 Å². The number of allylic oxidation sites excluding steroid dienone is 1. The van der Waals surface area contributed by atoms with Crippen LogP contribution in [-0.4, -0.2) is 25.0 Å².